The molecule has 1 heterocycles. The van der Waals surface area contributed by atoms with Gasteiger partial charge in [0.1, 0.15) is 0 Å². The summed E-state index contributed by atoms with van der Waals surface area (Å²) in [6.45, 7) is 7.25. The van der Waals surface area contributed by atoms with Crippen LogP contribution in [0.3, 0.4) is 0 Å². The molecule has 0 aromatic rings. The van der Waals surface area contributed by atoms with E-state index in [9.17, 15) is 0 Å². The third-order valence-corrected chi connectivity index (χ3v) is 3.09. The van der Waals surface area contributed by atoms with Crippen LogP contribution in [0.25, 0.3) is 0 Å². The summed E-state index contributed by atoms with van der Waals surface area (Å²) in [4.78, 5) is 0. The van der Waals surface area contributed by atoms with Crippen molar-refractivity contribution in [2.45, 2.75) is 45.3 Å². The molecule has 3 unspecified atom stereocenters. The predicted octanol–water partition coefficient (Wildman–Crippen LogP) is 1.13. The van der Waals surface area contributed by atoms with Crippen molar-refractivity contribution in [2.75, 3.05) is 19.7 Å². The summed E-state index contributed by atoms with van der Waals surface area (Å²) in [5, 5.41) is 3.44. The molecule has 0 bridgehead atoms. The van der Waals surface area contributed by atoms with E-state index in [0.29, 0.717) is 18.1 Å². The molecule has 3 atom stereocenters. The van der Waals surface area contributed by atoms with Crippen molar-refractivity contribution in [3.63, 3.8) is 0 Å². The molecule has 0 spiro atoms. The molecular weight excluding hydrogens is 176 g/mol. The highest BCUT2D eigenvalue weighted by atomic mass is 16.5. The van der Waals surface area contributed by atoms with Gasteiger partial charge in [-0.3, -0.25) is 0 Å². The van der Waals surface area contributed by atoms with Crippen LogP contribution in [0.4, 0.5) is 0 Å². The second-order valence-electron chi connectivity index (χ2n) is 4.19. The minimum atomic E-state index is 0.303. The van der Waals surface area contributed by atoms with Crippen LogP contribution in [-0.4, -0.2) is 31.8 Å². The van der Waals surface area contributed by atoms with Crippen LogP contribution < -0.4 is 11.1 Å². The Labute approximate surface area is 87.4 Å². The van der Waals surface area contributed by atoms with E-state index in [4.69, 9.17) is 10.5 Å². The van der Waals surface area contributed by atoms with Crippen molar-refractivity contribution in [1.29, 1.82) is 0 Å². The van der Waals surface area contributed by atoms with E-state index in [2.05, 4.69) is 19.2 Å². The van der Waals surface area contributed by atoms with Crippen LogP contribution in [0.5, 0.6) is 0 Å². The van der Waals surface area contributed by atoms with E-state index in [1.54, 1.807) is 0 Å². The topological polar surface area (TPSA) is 47.3 Å². The lowest BCUT2D eigenvalue weighted by atomic mass is 9.99. The van der Waals surface area contributed by atoms with Gasteiger partial charge in [0.05, 0.1) is 6.10 Å². The summed E-state index contributed by atoms with van der Waals surface area (Å²) < 4.78 is 5.63. The van der Waals surface area contributed by atoms with Crippen LogP contribution in [0, 0.1) is 5.92 Å². The van der Waals surface area contributed by atoms with Crippen LogP contribution in [0.2, 0.25) is 0 Å². The Kier molecular flexibility index (Phi) is 5.45. The molecule has 1 aliphatic rings. The molecule has 1 rings (SSSR count). The fourth-order valence-corrected chi connectivity index (χ4v) is 1.98. The van der Waals surface area contributed by atoms with Gasteiger partial charge < -0.3 is 15.8 Å². The molecule has 0 amide bonds. The molecule has 0 aliphatic carbocycles. The van der Waals surface area contributed by atoms with E-state index in [0.717, 1.165) is 32.5 Å². The van der Waals surface area contributed by atoms with Crippen molar-refractivity contribution < 1.29 is 4.74 Å². The molecular formula is C11H24N2O. The number of nitrogens with two attached hydrogens (primary N) is 1. The fraction of sp³-hybridized carbons (Fsp3) is 1.00. The zero-order chi connectivity index (χ0) is 10.4. The highest BCUT2D eigenvalue weighted by Gasteiger charge is 2.25. The maximum Gasteiger partial charge on any atom is 0.0613 e. The summed E-state index contributed by atoms with van der Waals surface area (Å²) in [6, 6.07) is 0.303. The Morgan fingerprint density at radius 1 is 1.50 bits per heavy atom. The second-order valence-corrected chi connectivity index (χ2v) is 4.19. The van der Waals surface area contributed by atoms with Crippen molar-refractivity contribution in [3.05, 3.63) is 0 Å². The van der Waals surface area contributed by atoms with E-state index in [1.807, 2.05) is 0 Å². The Balaban J connectivity index is 2.11. The average Bonchev–Trinajstić information content (AvgIpc) is 2.65. The molecule has 14 heavy (non-hydrogen) atoms. The number of rotatable bonds is 6. The van der Waals surface area contributed by atoms with E-state index in [1.165, 1.54) is 6.42 Å². The zero-order valence-electron chi connectivity index (χ0n) is 9.46. The molecule has 84 valence electrons. The van der Waals surface area contributed by atoms with E-state index < -0.39 is 0 Å². The first-order chi connectivity index (χ1) is 6.77. The molecule has 0 saturated carbocycles. The quantitative estimate of drug-likeness (QED) is 0.675. The Morgan fingerprint density at radius 2 is 2.29 bits per heavy atom. The Hall–Kier alpha value is -0.120. The first-order valence-electron chi connectivity index (χ1n) is 5.85. The van der Waals surface area contributed by atoms with E-state index >= 15 is 0 Å². The standard InChI is InChI=1S/C11H24N2O/c1-3-10(12)8-13-7-9-5-6-14-11(9)4-2/h9-11,13H,3-8,12H2,1-2H3. The smallest absolute Gasteiger partial charge is 0.0613 e. The molecule has 0 radical (unpaired) electrons. The van der Waals surface area contributed by atoms with Gasteiger partial charge in [-0.15, -0.1) is 0 Å². The maximum atomic E-state index is 5.83. The summed E-state index contributed by atoms with van der Waals surface area (Å²) in [5.74, 6) is 0.698. The average molecular weight is 200 g/mol. The fourth-order valence-electron chi connectivity index (χ4n) is 1.98. The first kappa shape index (κ1) is 12.0. The van der Waals surface area contributed by atoms with Gasteiger partial charge in [0.15, 0.2) is 0 Å². The van der Waals surface area contributed by atoms with Gasteiger partial charge in [-0.25, -0.2) is 0 Å². The van der Waals surface area contributed by atoms with E-state index in [-0.39, 0.29) is 0 Å². The van der Waals surface area contributed by atoms with Crippen molar-refractivity contribution in [1.82, 2.24) is 5.32 Å². The molecule has 1 fully saturated rings. The first-order valence-corrected chi connectivity index (χ1v) is 5.85. The van der Waals surface area contributed by atoms with Gasteiger partial charge in [-0.05, 0) is 25.2 Å². The predicted molar refractivity (Wildman–Crippen MR) is 59.3 cm³/mol. The maximum absolute atomic E-state index is 5.83. The summed E-state index contributed by atoms with van der Waals surface area (Å²) in [7, 11) is 0. The number of nitrogens with one attached hydrogen (secondary N) is 1. The zero-order valence-corrected chi connectivity index (χ0v) is 9.46. The summed E-state index contributed by atoms with van der Waals surface area (Å²) in [6.07, 6.45) is 3.85. The normalized spacial score (nSPS) is 29.4. The Bertz CT molecular complexity index is 152. The second kappa shape index (κ2) is 6.38. The minimum Gasteiger partial charge on any atom is -0.378 e. The minimum absolute atomic E-state index is 0.303. The van der Waals surface area contributed by atoms with Crippen molar-refractivity contribution in [3.8, 4) is 0 Å². The highest BCUT2D eigenvalue weighted by Crippen LogP contribution is 2.22. The van der Waals surface area contributed by atoms with Crippen LogP contribution in [-0.2, 0) is 4.74 Å². The van der Waals surface area contributed by atoms with Crippen molar-refractivity contribution >= 4 is 0 Å². The van der Waals surface area contributed by atoms with Crippen molar-refractivity contribution in [2.24, 2.45) is 11.7 Å². The summed E-state index contributed by atoms with van der Waals surface area (Å²) in [5.41, 5.74) is 5.83. The van der Waals surface area contributed by atoms with Gasteiger partial charge in [-0.2, -0.15) is 0 Å². The molecule has 1 aliphatic heterocycles. The van der Waals surface area contributed by atoms with Crippen LogP contribution in [0.15, 0.2) is 0 Å². The largest absolute Gasteiger partial charge is 0.378 e. The molecule has 3 nitrogen and oxygen atoms in total. The van der Waals surface area contributed by atoms with Gasteiger partial charge in [0, 0.05) is 25.7 Å². The molecule has 3 heteroatoms. The third kappa shape index (κ3) is 3.56. The SMILES string of the molecule is CCC(N)CNCC1CCOC1CC. The molecule has 1 saturated heterocycles. The Morgan fingerprint density at radius 3 is 2.93 bits per heavy atom. The van der Waals surface area contributed by atoms with Gasteiger partial charge in [0.2, 0.25) is 0 Å². The monoisotopic (exact) mass is 200 g/mol. The number of hydrogen-bond donors (Lipinski definition) is 2. The third-order valence-electron chi connectivity index (χ3n) is 3.09. The molecule has 0 aromatic heterocycles. The lowest BCUT2D eigenvalue weighted by Gasteiger charge is -2.18. The summed E-state index contributed by atoms with van der Waals surface area (Å²) >= 11 is 0. The van der Waals surface area contributed by atoms with Gasteiger partial charge in [-0.1, -0.05) is 13.8 Å². The van der Waals surface area contributed by atoms with Crippen LogP contribution >= 0.6 is 0 Å². The highest BCUT2D eigenvalue weighted by molar-refractivity contribution is 4.77. The lowest BCUT2D eigenvalue weighted by Crippen LogP contribution is -2.37. The number of hydrogen-bond acceptors (Lipinski definition) is 3. The lowest BCUT2D eigenvalue weighted by molar-refractivity contribution is 0.0872. The van der Waals surface area contributed by atoms with Crippen LogP contribution in [0.1, 0.15) is 33.1 Å². The van der Waals surface area contributed by atoms with Gasteiger partial charge in [0.25, 0.3) is 0 Å². The molecule has 3 N–H and O–H groups in total. The number of ether oxygens (including phenoxy) is 1. The molecule has 0 aromatic carbocycles. The van der Waals surface area contributed by atoms with Gasteiger partial charge >= 0.3 is 0 Å².